The van der Waals surface area contributed by atoms with E-state index in [0.717, 1.165) is 35.4 Å². The monoisotopic (exact) mass is 529 g/mol. The molecule has 1 heterocycles. The number of hydrogen-bond donors (Lipinski definition) is 2. The summed E-state index contributed by atoms with van der Waals surface area (Å²) in [6.45, 7) is 13.2. The van der Waals surface area contributed by atoms with Crippen molar-refractivity contribution < 1.29 is 9.47 Å². The number of aliphatic imine (C=N–C) groups is 1. The minimum Gasteiger partial charge on any atom is -0.490 e. The smallest absolute Gasteiger partial charge is 0.191 e. The molecule has 30 heavy (non-hydrogen) atoms. The minimum atomic E-state index is 0. The first-order valence-corrected chi connectivity index (χ1v) is 10.3. The van der Waals surface area contributed by atoms with Gasteiger partial charge in [0.25, 0.3) is 0 Å². The number of nitrogens with zero attached hydrogens (tertiary/aromatic N) is 3. The minimum absolute atomic E-state index is 0. The highest BCUT2D eigenvalue weighted by Gasteiger charge is 2.13. The van der Waals surface area contributed by atoms with Crippen LogP contribution in [0.3, 0.4) is 0 Å². The van der Waals surface area contributed by atoms with E-state index < -0.39 is 0 Å². The SMILES string of the molecule is CCOc1ccc(C(C)NC(=NC)NCc2nccn2CC(C)C)cc1OCC.I. The van der Waals surface area contributed by atoms with Gasteiger partial charge in [0, 0.05) is 26.0 Å². The van der Waals surface area contributed by atoms with Crippen LogP contribution >= 0.6 is 24.0 Å². The Hall–Kier alpha value is -1.97. The molecule has 0 saturated heterocycles. The molecular weight excluding hydrogens is 493 g/mol. The summed E-state index contributed by atoms with van der Waals surface area (Å²) in [6.07, 6.45) is 3.86. The first kappa shape index (κ1) is 26.1. The molecule has 0 bridgehead atoms. The van der Waals surface area contributed by atoms with Gasteiger partial charge in [-0.15, -0.1) is 24.0 Å². The number of nitrogens with one attached hydrogen (secondary N) is 2. The lowest BCUT2D eigenvalue weighted by Gasteiger charge is -2.20. The van der Waals surface area contributed by atoms with Crippen molar-refractivity contribution >= 4 is 29.9 Å². The van der Waals surface area contributed by atoms with Crippen molar-refractivity contribution in [3.63, 3.8) is 0 Å². The van der Waals surface area contributed by atoms with Gasteiger partial charge in [0.2, 0.25) is 0 Å². The van der Waals surface area contributed by atoms with Crippen LogP contribution in [0.2, 0.25) is 0 Å². The molecule has 0 spiro atoms. The van der Waals surface area contributed by atoms with Gasteiger partial charge in [-0.25, -0.2) is 4.98 Å². The highest BCUT2D eigenvalue weighted by atomic mass is 127. The summed E-state index contributed by atoms with van der Waals surface area (Å²) in [5, 5.41) is 6.79. The Labute approximate surface area is 197 Å². The molecule has 1 aromatic heterocycles. The topological polar surface area (TPSA) is 72.7 Å². The Morgan fingerprint density at radius 2 is 1.83 bits per heavy atom. The van der Waals surface area contributed by atoms with E-state index in [4.69, 9.17) is 9.47 Å². The van der Waals surface area contributed by atoms with Crippen molar-refractivity contribution in [2.24, 2.45) is 10.9 Å². The predicted molar refractivity (Wildman–Crippen MR) is 133 cm³/mol. The molecule has 168 valence electrons. The van der Waals surface area contributed by atoms with E-state index in [0.29, 0.717) is 25.7 Å². The maximum atomic E-state index is 5.74. The van der Waals surface area contributed by atoms with Crippen LogP contribution < -0.4 is 20.1 Å². The number of halogens is 1. The average molecular weight is 529 g/mol. The van der Waals surface area contributed by atoms with Gasteiger partial charge in [-0.05, 0) is 44.4 Å². The van der Waals surface area contributed by atoms with E-state index in [9.17, 15) is 0 Å². The lowest BCUT2D eigenvalue weighted by Crippen LogP contribution is -2.38. The van der Waals surface area contributed by atoms with Gasteiger partial charge in [-0.2, -0.15) is 0 Å². The van der Waals surface area contributed by atoms with Crippen LogP contribution in [0, 0.1) is 5.92 Å². The largest absolute Gasteiger partial charge is 0.490 e. The van der Waals surface area contributed by atoms with Crippen molar-refractivity contribution in [3.05, 3.63) is 42.0 Å². The summed E-state index contributed by atoms with van der Waals surface area (Å²) in [4.78, 5) is 8.81. The third-order valence-electron chi connectivity index (χ3n) is 4.42. The molecule has 1 unspecified atom stereocenters. The highest BCUT2D eigenvalue weighted by molar-refractivity contribution is 14.0. The van der Waals surface area contributed by atoms with E-state index >= 15 is 0 Å². The molecule has 0 aliphatic heterocycles. The number of imidazole rings is 1. The Bertz CT molecular complexity index is 792. The number of benzene rings is 1. The second-order valence-corrected chi connectivity index (χ2v) is 7.25. The van der Waals surface area contributed by atoms with Crippen molar-refractivity contribution in [3.8, 4) is 11.5 Å². The number of aromatic nitrogens is 2. The molecule has 2 N–H and O–H groups in total. The highest BCUT2D eigenvalue weighted by Crippen LogP contribution is 2.30. The van der Waals surface area contributed by atoms with Crippen LogP contribution in [0.15, 0.2) is 35.6 Å². The second kappa shape index (κ2) is 13.4. The lowest BCUT2D eigenvalue weighted by molar-refractivity contribution is 0.287. The molecular formula is C22H36IN5O2. The molecule has 1 aromatic carbocycles. The summed E-state index contributed by atoms with van der Waals surface area (Å²) in [6, 6.07) is 6.08. The number of guanidine groups is 1. The molecule has 2 rings (SSSR count). The van der Waals surface area contributed by atoms with Gasteiger partial charge < -0.3 is 24.7 Å². The zero-order valence-corrected chi connectivity index (χ0v) is 21.3. The summed E-state index contributed by atoms with van der Waals surface area (Å²) in [7, 11) is 1.77. The molecule has 1 atom stereocenters. The van der Waals surface area contributed by atoms with Gasteiger partial charge >= 0.3 is 0 Å². The van der Waals surface area contributed by atoms with Crippen LogP contribution in [0.5, 0.6) is 11.5 Å². The van der Waals surface area contributed by atoms with Gasteiger partial charge in [0.15, 0.2) is 17.5 Å². The summed E-state index contributed by atoms with van der Waals surface area (Å²) >= 11 is 0. The van der Waals surface area contributed by atoms with Crippen LogP contribution in [0.25, 0.3) is 0 Å². The normalized spacial score (nSPS) is 12.3. The fraction of sp³-hybridized carbons (Fsp3) is 0.545. The van der Waals surface area contributed by atoms with Crippen LogP contribution in [-0.4, -0.2) is 35.8 Å². The van der Waals surface area contributed by atoms with Gasteiger partial charge in [0.1, 0.15) is 5.82 Å². The van der Waals surface area contributed by atoms with Gasteiger partial charge in [0.05, 0.1) is 25.8 Å². The lowest BCUT2D eigenvalue weighted by atomic mass is 10.1. The van der Waals surface area contributed by atoms with E-state index in [2.05, 4.69) is 45.9 Å². The van der Waals surface area contributed by atoms with E-state index in [-0.39, 0.29) is 30.0 Å². The molecule has 0 amide bonds. The second-order valence-electron chi connectivity index (χ2n) is 7.25. The maximum Gasteiger partial charge on any atom is 0.191 e. The third-order valence-corrected chi connectivity index (χ3v) is 4.42. The zero-order valence-electron chi connectivity index (χ0n) is 18.9. The molecule has 7 nitrogen and oxygen atoms in total. The van der Waals surface area contributed by atoms with Crippen molar-refractivity contribution in [2.75, 3.05) is 20.3 Å². The molecule has 0 aliphatic rings. The Morgan fingerprint density at radius 1 is 1.13 bits per heavy atom. The molecule has 0 radical (unpaired) electrons. The van der Waals surface area contributed by atoms with E-state index in [1.807, 2.05) is 44.4 Å². The Balaban J connectivity index is 0.00000450. The van der Waals surface area contributed by atoms with E-state index in [1.54, 1.807) is 7.05 Å². The Kier molecular flexibility index (Phi) is 11.6. The molecule has 0 aliphatic carbocycles. The van der Waals surface area contributed by atoms with Crippen LogP contribution in [0.1, 0.15) is 52.0 Å². The van der Waals surface area contributed by atoms with Gasteiger partial charge in [-0.3, -0.25) is 4.99 Å². The Morgan fingerprint density at radius 3 is 2.47 bits per heavy atom. The number of rotatable bonds is 10. The number of ether oxygens (including phenoxy) is 2. The van der Waals surface area contributed by atoms with Crippen LogP contribution in [0.4, 0.5) is 0 Å². The first-order valence-electron chi connectivity index (χ1n) is 10.3. The summed E-state index contributed by atoms with van der Waals surface area (Å²) in [5.41, 5.74) is 1.10. The predicted octanol–water partition coefficient (Wildman–Crippen LogP) is 4.38. The van der Waals surface area contributed by atoms with Crippen molar-refractivity contribution in [1.82, 2.24) is 20.2 Å². The first-order chi connectivity index (χ1) is 14.0. The average Bonchev–Trinajstić information content (AvgIpc) is 3.12. The molecule has 2 aromatic rings. The zero-order chi connectivity index (χ0) is 21.2. The molecule has 0 saturated carbocycles. The van der Waals surface area contributed by atoms with E-state index in [1.165, 1.54) is 0 Å². The van der Waals surface area contributed by atoms with Crippen LogP contribution in [-0.2, 0) is 13.1 Å². The molecule has 0 fully saturated rings. The fourth-order valence-corrected chi connectivity index (χ4v) is 3.05. The molecule has 8 heteroatoms. The summed E-state index contributed by atoms with van der Waals surface area (Å²) in [5.74, 6) is 3.82. The fourth-order valence-electron chi connectivity index (χ4n) is 3.05. The van der Waals surface area contributed by atoms with Crippen molar-refractivity contribution in [2.45, 2.75) is 53.8 Å². The third kappa shape index (κ3) is 7.70. The summed E-state index contributed by atoms with van der Waals surface area (Å²) < 4.78 is 13.6. The maximum absolute atomic E-state index is 5.74. The standard InChI is InChI=1S/C22H35N5O2.HI/c1-7-28-19-10-9-18(13-20(19)29-8-2)17(5)26-22(23-6)25-14-21-24-11-12-27(21)15-16(3)4;/h9-13,16-17H,7-8,14-15H2,1-6H3,(H2,23,25,26);1H. The number of hydrogen-bond acceptors (Lipinski definition) is 4. The quantitative estimate of drug-likeness (QED) is 0.272. The van der Waals surface area contributed by atoms with Crippen molar-refractivity contribution in [1.29, 1.82) is 0 Å². The van der Waals surface area contributed by atoms with Gasteiger partial charge in [-0.1, -0.05) is 19.9 Å².